The van der Waals surface area contributed by atoms with Gasteiger partial charge in [-0.3, -0.25) is 9.89 Å². The van der Waals surface area contributed by atoms with Gasteiger partial charge in [0.15, 0.2) is 0 Å². The van der Waals surface area contributed by atoms with Crippen molar-refractivity contribution in [1.82, 2.24) is 20.1 Å². The maximum Gasteiger partial charge on any atom is 0.235 e. The summed E-state index contributed by atoms with van der Waals surface area (Å²) in [6, 6.07) is 4.10. The third-order valence-corrected chi connectivity index (χ3v) is 4.96. The number of thioether (sulfide) groups is 1. The van der Waals surface area contributed by atoms with E-state index in [-0.39, 0.29) is 11.2 Å². The van der Waals surface area contributed by atoms with Gasteiger partial charge in [-0.25, -0.2) is 4.98 Å². The zero-order valence-electron chi connectivity index (χ0n) is 12.5. The summed E-state index contributed by atoms with van der Waals surface area (Å²) in [7, 11) is 0. The number of thiophene rings is 1. The molecule has 1 atom stereocenters. The second kappa shape index (κ2) is 7.61. The van der Waals surface area contributed by atoms with Gasteiger partial charge < -0.3 is 4.90 Å². The first-order valence-corrected chi connectivity index (χ1v) is 8.79. The minimum absolute atomic E-state index is 0.134. The van der Waals surface area contributed by atoms with Gasteiger partial charge >= 0.3 is 0 Å². The van der Waals surface area contributed by atoms with Gasteiger partial charge in [0.1, 0.15) is 5.82 Å². The molecular weight excluding hydrogens is 304 g/mol. The largest absolute Gasteiger partial charge is 0.342 e. The average molecular weight is 324 g/mol. The number of aromatic nitrogens is 3. The lowest BCUT2D eigenvalue weighted by Gasteiger charge is -2.21. The fourth-order valence-corrected chi connectivity index (χ4v) is 3.53. The lowest BCUT2D eigenvalue weighted by Crippen LogP contribution is -2.36. The van der Waals surface area contributed by atoms with E-state index < -0.39 is 0 Å². The van der Waals surface area contributed by atoms with Gasteiger partial charge in [-0.05, 0) is 32.2 Å². The van der Waals surface area contributed by atoms with Crippen molar-refractivity contribution in [1.29, 1.82) is 0 Å². The van der Waals surface area contributed by atoms with Gasteiger partial charge in [-0.1, -0.05) is 17.8 Å². The van der Waals surface area contributed by atoms with Crippen LogP contribution in [-0.4, -0.2) is 44.3 Å². The Balaban J connectivity index is 1.94. The van der Waals surface area contributed by atoms with Crippen molar-refractivity contribution >= 4 is 29.0 Å². The molecule has 0 saturated heterocycles. The molecule has 1 unspecified atom stereocenters. The monoisotopic (exact) mass is 324 g/mol. The highest BCUT2D eigenvalue weighted by Gasteiger charge is 2.21. The smallest absolute Gasteiger partial charge is 0.235 e. The quantitative estimate of drug-likeness (QED) is 0.796. The molecule has 2 aromatic heterocycles. The van der Waals surface area contributed by atoms with Crippen LogP contribution in [0.25, 0.3) is 0 Å². The van der Waals surface area contributed by atoms with Crippen LogP contribution in [0.15, 0.2) is 22.7 Å². The zero-order valence-corrected chi connectivity index (χ0v) is 14.1. The summed E-state index contributed by atoms with van der Waals surface area (Å²) >= 11 is 3.10. The standard InChI is InChI=1S/C14H20N4OS2/c1-4-18(5-2)13(19)10(3)21-14-15-12(16-17-14)9-11-7-6-8-20-11/h6-8,10H,4-5,9H2,1-3H3,(H,15,16,17). The fraction of sp³-hybridized carbons (Fsp3) is 0.500. The van der Waals surface area contributed by atoms with Crippen molar-refractivity contribution in [3.05, 3.63) is 28.2 Å². The number of aromatic amines is 1. The Morgan fingerprint density at radius 1 is 1.48 bits per heavy atom. The number of carbonyl (C=O) groups is 1. The molecule has 21 heavy (non-hydrogen) atoms. The molecule has 7 heteroatoms. The predicted octanol–water partition coefficient (Wildman–Crippen LogP) is 2.81. The molecule has 0 bridgehead atoms. The maximum absolute atomic E-state index is 12.2. The molecule has 0 aliphatic carbocycles. The van der Waals surface area contributed by atoms with E-state index >= 15 is 0 Å². The van der Waals surface area contributed by atoms with Gasteiger partial charge in [0.25, 0.3) is 0 Å². The molecule has 0 fully saturated rings. The Hall–Kier alpha value is -1.34. The Labute approximate surface area is 133 Å². The average Bonchev–Trinajstić information content (AvgIpc) is 3.12. The second-order valence-corrected chi connectivity index (χ2v) is 6.93. The van der Waals surface area contributed by atoms with Crippen molar-refractivity contribution in [3.8, 4) is 0 Å². The molecule has 0 spiro atoms. The normalized spacial score (nSPS) is 12.3. The number of carbonyl (C=O) groups excluding carboxylic acids is 1. The highest BCUT2D eigenvalue weighted by molar-refractivity contribution is 8.00. The van der Waals surface area contributed by atoms with Crippen LogP contribution >= 0.6 is 23.1 Å². The molecule has 2 heterocycles. The van der Waals surface area contributed by atoms with E-state index in [1.54, 1.807) is 11.3 Å². The number of nitrogens with zero attached hydrogens (tertiary/aromatic N) is 3. The van der Waals surface area contributed by atoms with Crippen molar-refractivity contribution in [2.75, 3.05) is 13.1 Å². The third-order valence-electron chi connectivity index (χ3n) is 3.14. The highest BCUT2D eigenvalue weighted by Crippen LogP contribution is 2.22. The summed E-state index contributed by atoms with van der Waals surface area (Å²) in [6.07, 6.45) is 0.754. The molecule has 2 rings (SSSR count). The molecule has 0 aliphatic rings. The van der Waals surface area contributed by atoms with Crippen LogP contribution in [0.3, 0.4) is 0 Å². The molecule has 114 valence electrons. The zero-order chi connectivity index (χ0) is 15.2. The van der Waals surface area contributed by atoms with Crippen molar-refractivity contribution in [2.45, 2.75) is 37.6 Å². The van der Waals surface area contributed by atoms with Crippen molar-refractivity contribution in [2.24, 2.45) is 0 Å². The SMILES string of the molecule is CCN(CC)C(=O)C(C)Sc1n[nH]c(Cc2cccs2)n1. The number of hydrogen-bond acceptors (Lipinski definition) is 5. The number of H-pyrrole nitrogens is 1. The summed E-state index contributed by atoms with van der Waals surface area (Å²) in [4.78, 5) is 19.7. The van der Waals surface area contributed by atoms with Crippen LogP contribution in [0, 0.1) is 0 Å². The summed E-state index contributed by atoms with van der Waals surface area (Å²) < 4.78 is 0. The highest BCUT2D eigenvalue weighted by atomic mass is 32.2. The molecule has 0 radical (unpaired) electrons. The van der Waals surface area contributed by atoms with Crippen LogP contribution < -0.4 is 0 Å². The van der Waals surface area contributed by atoms with Crippen LogP contribution in [0.1, 0.15) is 31.5 Å². The first-order chi connectivity index (χ1) is 10.1. The lowest BCUT2D eigenvalue weighted by atomic mass is 10.3. The fourth-order valence-electron chi connectivity index (χ4n) is 1.99. The number of rotatable bonds is 7. The third kappa shape index (κ3) is 4.31. The van der Waals surface area contributed by atoms with E-state index in [1.807, 2.05) is 37.1 Å². The minimum Gasteiger partial charge on any atom is -0.342 e. The van der Waals surface area contributed by atoms with Crippen molar-refractivity contribution in [3.63, 3.8) is 0 Å². The summed E-state index contributed by atoms with van der Waals surface area (Å²) in [5, 5.41) is 9.65. The maximum atomic E-state index is 12.2. The first-order valence-electron chi connectivity index (χ1n) is 7.03. The molecule has 2 aromatic rings. The molecular formula is C14H20N4OS2. The number of nitrogens with one attached hydrogen (secondary N) is 1. The van der Waals surface area contributed by atoms with E-state index in [2.05, 4.69) is 21.2 Å². The summed E-state index contributed by atoms with van der Waals surface area (Å²) in [5.74, 6) is 0.969. The van der Waals surface area contributed by atoms with Crippen LogP contribution in [0.5, 0.6) is 0 Å². The van der Waals surface area contributed by atoms with E-state index in [1.165, 1.54) is 16.6 Å². The minimum atomic E-state index is -0.171. The Bertz CT molecular complexity index is 563. The van der Waals surface area contributed by atoms with Gasteiger partial charge in [0.05, 0.1) is 5.25 Å². The topological polar surface area (TPSA) is 61.9 Å². The van der Waals surface area contributed by atoms with Gasteiger partial charge in [0.2, 0.25) is 11.1 Å². The van der Waals surface area contributed by atoms with Crippen molar-refractivity contribution < 1.29 is 4.79 Å². The van der Waals surface area contributed by atoms with Crippen LogP contribution in [0.2, 0.25) is 0 Å². The molecule has 0 saturated carbocycles. The van der Waals surface area contributed by atoms with Crippen LogP contribution in [0.4, 0.5) is 0 Å². The molecule has 1 amide bonds. The lowest BCUT2D eigenvalue weighted by molar-refractivity contribution is -0.129. The Morgan fingerprint density at radius 2 is 2.24 bits per heavy atom. The number of hydrogen-bond donors (Lipinski definition) is 1. The van der Waals surface area contributed by atoms with E-state index in [0.29, 0.717) is 5.16 Å². The molecule has 1 N–H and O–H groups in total. The Kier molecular flexibility index (Phi) is 5.81. The first kappa shape index (κ1) is 16.0. The Morgan fingerprint density at radius 3 is 2.86 bits per heavy atom. The van der Waals surface area contributed by atoms with Gasteiger partial charge in [0, 0.05) is 24.4 Å². The van der Waals surface area contributed by atoms with Gasteiger partial charge in [-0.15, -0.1) is 16.4 Å². The van der Waals surface area contributed by atoms with E-state index in [0.717, 1.165) is 25.3 Å². The second-order valence-electron chi connectivity index (χ2n) is 4.59. The predicted molar refractivity (Wildman–Crippen MR) is 86.8 cm³/mol. The van der Waals surface area contributed by atoms with E-state index in [9.17, 15) is 4.79 Å². The molecule has 0 aliphatic heterocycles. The summed E-state index contributed by atoms with van der Waals surface area (Å²) in [6.45, 7) is 7.35. The van der Waals surface area contributed by atoms with Gasteiger partial charge in [-0.2, -0.15) is 0 Å². The number of amides is 1. The summed E-state index contributed by atoms with van der Waals surface area (Å²) in [5.41, 5.74) is 0. The molecule has 5 nitrogen and oxygen atoms in total. The van der Waals surface area contributed by atoms with E-state index in [4.69, 9.17) is 0 Å². The van der Waals surface area contributed by atoms with Crippen LogP contribution in [-0.2, 0) is 11.2 Å². The molecule has 0 aromatic carbocycles.